The number of carbonyl (C=O) groups is 1. The van der Waals surface area contributed by atoms with E-state index in [0.717, 1.165) is 0 Å². The molecule has 0 aromatic heterocycles. The summed E-state index contributed by atoms with van der Waals surface area (Å²) in [5.41, 5.74) is 0.159. The van der Waals surface area contributed by atoms with Gasteiger partial charge in [0.1, 0.15) is 17.1 Å². The maximum atomic E-state index is 11.7. The van der Waals surface area contributed by atoms with Crippen LogP contribution >= 0.6 is 0 Å². The molecule has 0 aliphatic heterocycles. The van der Waals surface area contributed by atoms with E-state index >= 15 is 0 Å². The van der Waals surface area contributed by atoms with Gasteiger partial charge in [-0.25, -0.2) is 4.79 Å². The van der Waals surface area contributed by atoms with Crippen LogP contribution in [0.3, 0.4) is 0 Å². The van der Waals surface area contributed by atoms with Crippen molar-refractivity contribution in [2.24, 2.45) is 0 Å². The molecule has 2 rings (SSSR count). The number of unbranched alkanes of at least 4 members (excludes halogenated alkanes) is 4. The van der Waals surface area contributed by atoms with Gasteiger partial charge in [0.05, 0.1) is 0 Å². The summed E-state index contributed by atoms with van der Waals surface area (Å²) in [6.45, 7) is 9.47. The first-order valence-electron chi connectivity index (χ1n) is 13.1. The molecular formula is C29H46O3Ti. The van der Waals surface area contributed by atoms with Crippen molar-refractivity contribution >= 4 is 5.97 Å². The maximum absolute atomic E-state index is 11.7. The number of phenolic OH excluding ortho intramolecular Hbond substituents is 1. The zero-order chi connectivity index (χ0) is 24.4. The molecule has 0 aliphatic carbocycles. The molecule has 0 spiro atoms. The number of hydrogen-bond acceptors (Lipinski definition) is 3. The molecule has 4 heteroatoms. The number of benzene rings is 2. The minimum Gasteiger partial charge on any atom is -0.507 e. The molecule has 2 aromatic carbocycles. The van der Waals surface area contributed by atoms with Crippen molar-refractivity contribution in [3.05, 3.63) is 60.2 Å². The Labute approximate surface area is 206 Å². The molecule has 0 atom stereocenters. The second kappa shape index (κ2) is 17.8. The van der Waals surface area contributed by atoms with Gasteiger partial charge in [-0.1, -0.05) is 30.3 Å². The summed E-state index contributed by atoms with van der Waals surface area (Å²) in [5, 5.41) is 9.46. The average Bonchev–Trinajstić information content (AvgIpc) is 2.84. The van der Waals surface area contributed by atoms with E-state index < -0.39 is 22.6 Å². The maximum Gasteiger partial charge on any atom is 0.347 e. The molecule has 0 amide bonds. The van der Waals surface area contributed by atoms with Crippen molar-refractivity contribution in [2.45, 2.75) is 98.0 Å². The fourth-order valence-corrected chi connectivity index (χ4v) is 13.5. The Balaban J connectivity index is 0.000000330. The van der Waals surface area contributed by atoms with E-state index in [1.165, 1.54) is 63.5 Å². The van der Waals surface area contributed by atoms with Gasteiger partial charge in [-0.3, -0.25) is 0 Å². The van der Waals surface area contributed by atoms with Crippen LogP contribution in [0.4, 0.5) is 0 Å². The van der Waals surface area contributed by atoms with Gasteiger partial charge in [0.25, 0.3) is 0 Å². The average molecular weight is 491 g/mol. The molecule has 0 aliphatic rings. The molecule has 0 saturated carbocycles. The minimum absolute atomic E-state index is 0.0802. The largest absolute Gasteiger partial charge is 0.507 e. The van der Waals surface area contributed by atoms with Crippen LogP contribution in [0.1, 0.15) is 89.4 Å². The first kappa shape index (κ1) is 29.5. The summed E-state index contributed by atoms with van der Waals surface area (Å²) < 4.78 is 11.8. The van der Waals surface area contributed by atoms with Crippen molar-refractivity contribution in [3.63, 3.8) is 0 Å². The third kappa shape index (κ3) is 11.9. The van der Waals surface area contributed by atoms with Crippen molar-refractivity contribution in [1.82, 2.24) is 0 Å². The van der Waals surface area contributed by atoms with Crippen LogP contribution in [0, 0.1) is 0 Å². The molecule has 184 valence electrons. The van der Waals surface area contributed by atoms with Gasteiger partial charge in [0, 0.05) is 0 Å². The van der Waals surface area contributed by atoms with Crippen LogP contribution in [0.15, 0.2) is 54.6 Å². The summed E-state index contributed by atoms with van der Waals surface area (Å²) in [5.74, 6) is -0.191. The fraction of sp³-hybridized carbons (Fsp3) is 0.552. The molecule has 0 unspecified atom stereocenters. The van der Waals surface area contributed by atoms with E-state index in [1.54, 1.807) is 55.3 Å². The Morgan fingerprint density at radius 3 is 1.55 bits per heavy atom. The number of ether oxygens (including phenoxy) is 1. The van der Waals surface area contributed by atoms with Gasteiger partial charge in [0.15, 0.2) is 0 Å². The Hall–Kier alpha value is -1.58. The Kier molecular flexibility index (Phi) is 15.9. The van der Waals surface area contributed by atoms with Crippen molar-refractivity contribution in [1.29, 1.82) is 0 Å². The number of esters is 1. The quantitative estimate of drug-likeness (QED) is 0.163. The monoisotopic (exact) mass is 490 g/mol. The molecule has 33 heavy (non-hydrogen) atoms. The van der Waals surface area contributed by atoms with Crippen LogP contribution in [0.25, 0.3) is 0 Å². The Morgan fingerprint density at radius 2 is 1.12 bits per heavy atom. The van der Waals surface area contributed by atoms with Crippen molar-refractivity contribution in [2.75, 3.05) is 0 Å². The normalized spacial score (nSPS) is 10.9. The van der Waals surface area contributed by atoms with Gasteiger partial charge in [0.2, 0.25) is 0 Å². The number of para-hydroxylation sites is 2. The van der Waals surface area contributed by atoms with E-state index in [0.29, 0.717) is 5.75 Å². The van der Waals surface area contributed by atoms with Crippen LogP contribution in [0.5, 0.6) is 11.5 Å². The molecule has 0 saturated heterocycles. The van der Waals surface area contributed by atoms with Gasteiger partial charge < -0.3 is 9.84 Å². The predicted octanol–water partition coefficient (Wildman–Crippen LogP) is 9.63. The molecule has 3 nitrogen and oxygen atoms in total. The first-order valence-corrected chi connectivity index (χ1v) is 17.5. The first-order chi connectivity index (χ1) is 16.0. The van der Waals surface area contributed by atoms with E-state index in [2.05, 4.69) is 27.7 Å². The Bertz CT molecular complexity index is 723. The number of carbonyl (C=O) groups excluding carboxylic acids is 1. The second-order valence-electron chi connectivity index (χ2n) is 9.13. The molecular weight excluding hydrogens is 444 g/mol. The topological polar surface area (TPSA) is 46.5 Å². The zero-order valence-corrected chi connectivity index (χ0v) is 23.0. The third-order valence-corrected chi connectivity index (χ3v) is 15.2. The fourth-order valence-electron chi connectivity index (χ4n) is 4.25. The number of aromatic hydroxyl groups is 1. The molecule has 1 N–H and O–H groups in total. The van der Waals surface area contributed by atoms with Gasteiger partial charge >= 0.3 is 121 Å². The van der Waals surface area contributed by atoms with Crippen LogP contribution in [0.2, 0.25) is 18.9 Å². The van der Waals surface area contributed by atoms with Crippen LogP contribution in [-0.4, -0.2) is 11.1 Å². The van der Waals surface area contributed by atoms with Gasteiger partial charge in [-0.05, 0) is 24.3 Å². The van der Waals surface area contributed by atoms with Crippen LogP contribution < -0.4 is 4.74 Å². The minimum atomic E-state index is -1.43. The van der Waals surface area contributed by atoms with Crippen LogP contribution in [-0.2, 0) is 16.6 Å². The van der Waals surface area contributed by atoms with Gasteiger partial charge in [-0.2, -0.15) is 0 Å². The molecule has 0 radical (unpaired) electrons. The standard InChI is InChI=1S/C13H10O3.4C4H9.Ti/c14-12-9-5-4-8-11(12)13(15)16-10-6-2-1-3-7-10;4*1-3-4-2;/h1-9,14H;4*1,3-4H2,2H3;. The van der Waals surface area contributed by atoms with Gasteiger partial charge in [-0.15, -0.1) is 0 Å². The van der Waals surface area contributed by atoms with Crippen molar-refractivity contribution < 1.29 is 31.2 Å². The summed E-state index contributed by atoms with van der Waals surface area (Å²) >= 11 is -1.43. The third-order valence-electron chi connectivity index (χ3n) is 6.32. The summed E-state index contributed by atoms with van der Waals surface area (Å²) in [6, 6.07) is 15.0. The second-order valence-corrected chi connectivity index (χ2v) is 16.9. The van der Waals surface area contributed by atoms with E-state index in [9.17, 15) is 9.90 Å². The molecule has 0 heterocycles. The summed E-state index contributed by atoms with van der Waals surface area (Å²) in [7, 11) is 0. The number of hydrogen-bond donors (Lipinski definition) is 1. The summed E-state index contributed by atoms with van der Waals surface area (Å²) in [4.78, 5) is 11.7. The van der Waals surface area contributed by atoms with Crippen molar-refractivity contribution in [3.8, 4) is 11.5 Å². The van der Waals surface area contributed by atoms with E-state index in [-0.39, 0.29) is 11.3 Å². The molecule has 2 aromatic rings. The molecule has 0 fully saturated rings. The predicted molar refractivity (Wildman–Crippen MR) is 138 cm³/mol. The zero-order valence-electron chi connectivity index (χ0n) is 21.4. The number of rotatable bonds is 14. The van der Waals surface area contributed by atoms with E-state index in [1.807, 2.05) is 6.07 Å². The van der Waals surface area contributed by atoms with E-state index in [4.69, 9.17) is 4.74 Å². The SMILES string of the molecule is CCC[CH2][Ti]([CH2]CCC)([CH2]CCC)[CH2]CCC.O=C(Oc1ccccc1)c1ccccc1O. The number of phenols is 1. The Morgan fingerprint density at radius 1 is 0.697 bits per heavy atom. The smallest absolute Gasteiger partial charge is 0.347 e. The summed E-state index contributed by atoms with van der Waals surface area (Å²) in [6.07, 6.45) is 11.8. The molecule has 0 bridgehead atoms.